The van der Waals surface area contributed by atoms with Gasteiger partial charge in [0.1, 0.15) is 4.58 Å². The van der Waals surface area contributed by atoms with Crippen molar-refractivity contribution >= 4 is 27.6 Å². The van der Waals surface area contributed by atoms with E-state index in [0.717, 1.165) is 24.8 Å². The van der Waals surface area contributed by atoms with Crippen molar-refractivity contribution in [3.63, 3.8) is 0 Å². The lowest BCUT2D eigenvalue weighted by Gasteiger charge is -2.15. The van der Waals surface area contributed by atoms with E-state index in [9.17, 15) is 13.2 Å². The largest absolute Gasteiger partial charge is 0.466 e. The van der Waals surface area contributed by atoms with Crippen LogP contribution >= 0.6 is 11.8 Å². The summed E-state index contributed by atoms with van der Waals surface area (Å²) in [6.07, 6.45) is 5.19. The van der Waals surface area contributed by atoms with Gasteiger partial charge in [-0.05, 0) is 45.1 Å². The molecule has 0 fully saturated rings. The summed E-state index contributed by atoms with van der Waals surface area (Å²) in [5, 5.41) is 0. The van der Waals surface area contributed by atoms with Crippen molar-refractivity contribution in [2.45, 2.75) is 55.4 Å². The van der Waals surface area contributed by atoms with E-state index in [0.29, 0.717) is 24.3 Å². The van der Waals surface area contributed by atoms with Gasteiger partial charge in [-0.15, -0.1) is 11.8 Å². The van der Waals surface area contributed by atoms with Crippen LogP contribution in [0.25, 0.3) is 0 Å². The number of hydrogen-bond acceptors (Lipinski definition) is 5. The maximum absolute atomic E-state index is 12.6. The number of carbonyl (C=O) groups is 1. The molecule has 0 aliphatic rings. The molecule has 0 aliphatic carbocycles. The number of aryl methyl sites for hydroxylation is 1. The molecule has 0 aromatic heterocycles. The van der Waals surface area contributed by atoms with Crippen molar-refractivity contribution < 1.29 is 17.9 Å². The first-order valence-corrected chi connectivity index (χ1v) is 10.7. The van der Waals surface area contributed by atoms with Gasteiger partial charge >= 0.3 is 5.97 Å². The minimum Gasteiger partial charge on any atom is -0.466 e. The third-order valence-corrected chi connectivity index (χ3v) is 7.54. The van der Waals surface area contributed by atoms with Gasteiger partial charge in [0.05, 0.1) is 11.5 Å². The molecule has 1 rings (SSSR count). The molecular formula is C17H26O4S2. The van der Waals surface area contributed by atoms with Gasteiger partial charge in [0, 0.05) is 6.42 Å². The predicted octanol–water partition coefficient (Wildman–Crippen LogP) is 3.97. The molecule has 130 valence electrons. The summed E-state index contributed by atoms with van der Waals surface area (Å²) >= 11 is 1.37. The van der Waals surface area contributed by atoms with E-state index in [1.165, 1.54) is 11.8 Å². The Bertz CT molecular complexity index is 579. The Kier molecular flexibility index (Phi) is 8.69. The van der Waals surface area contributed by atoms with Gasteiger partial charge < -0.3 is 4.74 Å². The van der Waals surface area contributed by atoms with Crippen LogP contribution in [0.1, 0.15) is 44.6 Å². The van der Waals surface area contributed by atoms with Gasteiger partial charge in [-0.1, -0.05) is 30.5 Å². The number of rotatable bonds is 10. The lowest BCUT2D eigenvalue weighted by atomic mass is 10.1. The lowest BCUT2D eigenvalue weighted by molar-refractivity contribution is -0.143. The number of unbranched alkanes of at least 4 members (excludes halogenated alkanes) is 2. The van der Waals surface area contributed by atoms with E-state index in [4.69, 9.17) is 4.74 Å². The van der Waals surface area contributed by atoms with Crippen molar-refractivity contribution in [3.05, 3.63) is 29.8 Å². The fraction of sp³-hybridized carbons (Fsp3) is 0.588. The van der Waals surface area contributed by atoms with E-state index in [1.807, 2.05) is 25.3 Å². The van der Waals surface area contributed by atoms with Crippen molar-refractivity contribution in [1.29, 1.82) is 0 Å². The Morgan fingerprint density at radius 3 is 2.39 bits per heavy atom. The van der Waals surface area contributed by atoms with Crippen molar-refractivity contribution in [2.75, 3.05) is 12.9 Å². The fourth-order valence-electron chi connectivity index (χ4n) is 2.27. The first-order valence-electron chi connectivity index (χ1n) is 7.90. The second kappa shape index (κ2) is 9.98. The van der Waals surface area contributed by atoms with Crippen LogP contribution in [-0.2, 0) is 19.4 Å². The SMILES string of the molecule is CCOC(=O)CCCCCC(SC)S(=O)(=O)c1ccc(C)cc1. The van der Waals surface area contributed by atoms with Crippen LogP contribution < -0.4 is 0 Å². The average Bonchev–Trinajstić information content (AvgIpc) is 2.51. The zero-order valence-corrected chi connectivity index (χ0v) is 15.7. The zero-order chi connectivity index (χ0) is 17.3. The molecule has 0 spiro atoms. The van der Waals surface area contributed by atoms with E-state index in [2.05, 4.69) is 0 Å². The molecule has 0 saturated carbocycles. The second-order valence-corrected chi connectivity index (χ2v) is 8.90. The molecule has 0 amide bonds. The Morgan fingerprint density at radius 2 is 1.83 bits per heavy atom. The molecule has 1 aromatic rings. The first-order chi connectivity index (χ1) is 10.9. The van der Waals surface area contributed by atoms with Crippen LogP contribution in [0.3, 0.4) is 0 Å². The molecule has 0 aliphatic heterocycles. The van der Waals surface area contributed by atoms with E-state index < -0.39 is 14.4 Å². The third kappa shape index (κ3) is 6.55. The molecule has 1 unspecified atom stereocenters. The number of sulfone groups is 1. The lowest BCUT2D eigenvalue weighted by Crippen LogP contribution is -2.18. The van der Waals surface area contributed by atoms with Crippen molar-refractivity contribution in [1.82, 2.24) is 0 Å². The molecule has 6 heteroatoms. The molecular weight excluding hydrogens is 332 g/mol. The maximum Gasteiger partial charge on any atom is 0.305 e. The molecule has 1 aromatic carbocycles. The van der Waals surface area contributed by atoms with Gasteiger partial charge in [-0.25, -0.2) is 8.42 Å². The number of carbonyl (C=O) groups excluding carboxylic acids is 1. The van der Waals surface area contributed by atoms with Gasteiger partial charge in [0.25, 0.3) is 0 Å². The summed E-state index contributed by atoms with van der Waals surface area (Å²) < 4.78 is 29.7. The standard InChI is InChI=1S/C17H26O4S2/c1-4-21-16(18)8-6-5-7-9-17(22-3)23(19,20)15-12-10-14(2)11-13-15/h10-13,17H,4-9H2,1-3H3. The highest BCUT2D eigenvalue weighted by atomic mass is 32.3. The first kappa shape index (κ1) is 20.0. The number of ether oxygens (including phenoxy) is 1. The van der Waals surface area contributed by atoms with Crippen LogP contribution in [0.4, 0.5) is 0 Å². The molecule has 0 heterocycles. The monoisotopic (exact) mass is 358 g/mol. The van der Waals surface area contributed by atoms with Crippen molar-refractivity contribution in [3.8, 4) is 0 Å². The van der Waals surface area contributed by atoms with Crippen molar-refractivity contribution in [2.24, 2.45) is 0 Å². The van der Waals surface area contributed by atoms with Gasteiger partial charge in [0.15, 0.2) is 9.84 Å². The average molecular weight is 359 g/mol. The molecule has 0 N–H and O–H groups in total. The van der Waals surface area contributed by atoms with E-state index in [1.54, 1.807) is 19.1 Å². The predicted molar refractivity (Wildman–Crippen MR) is 95.4 cm³/mol. The number of benzene rings is 1. The normalized spacial score (nSPS) is 12.8. The minimum absolute atomic E-state index is 0.179. The molecule has 0 saturated heterocycles. The summed E-state index contributed by atoms with van der Waals surface area (Å²) in [6, 6.07) is 7.00. The molecule has 23 heavy (non-hydrogen) atoms. The molecule has 4 nitrogen and oxygen atoms in total. The van der Waals surface area contributed by atoms with E-state index >= 15 is 0 Å². The molecule has 0 bridgehead atoms. The number of thioether (sulfide) groups is 1. The topological polar surface area (TPSA) is 60.4 Å². The third-order valence-electron chi connectivity index (χ3n) is 3.58. The van der Waals surface area contributed by atoms with Gasteiger partial charge in [-0.3, -0.25) is 4.79 Å². The summed E-state index contributed by atoms with van der Waals surface area (Å²) in [5.74, 6) is -0.179. The summed E-state index contributed by atoms with van der Waals surface area (Å²) in [4.78, 5) is 11.6. The van der Waals surface area contributed by atoms with Gasteiger partial charge in [-0.2, -0.15) is 0 Å². The summed E-state index contributed by atoms with van der Waals surface area (Å²) in [7, 11) is -3.31. The fourth-order valence-corrected chi connectivity index (χ4v) is 5.31. The maximum atomic E-state index is 12.6. The summed E-state index contributed by atoms with van der Waals surface area (Å²) in [6.45, 7) is 4.13. The Labute approximate surface area is 143 Å². The second-order valence-electron chi connectivity index (χ2n) is 5.43. The highest BCUT2D eigenvalue weighted by Crippen LogP contribution is 2.27. The Morgan fingerprint density at radius 1 is 1.17 bits per heavy atom. The highest BCUT2D eigenvalue weighted by Gasteiger charge is 2.26. The summed E-state index contributed by atoms with van der Waals surface area (Å²) in [5.41, 5.74) is 1.05. The molecule has 1 atom stereocenters. The van der Waals surface area contributed by atoms with Crippen LogP contribution in [0.15, 0.2) is 29.2 Å². The smallest absolute Gasteiger partial charge is 0.305 e. The van der Waals surface area contributed by atoms with Crippen LogP contribution in [-0.4, -0.2) is 31.8 Å². The quantitative estimate of drug-likeness (QED) is 0.468. The number of esters is 1. The van der Waals surface area contributed by atoms with Crippen LogP contribution in [0, 0.1) is 6.92 Å². The highest BCUT2D eigenvalue weighted by molar-refractivity contribution is 8.13. The Balaban J connectivity index is 2.50. The number of hydrogen-bond donors (Lipinski definition) is 0. The van der Waals surface area contributed by atoms with Gasteiger partial charge in [0.2, 0.25) is 0 Å². The molecule has 0 radical (unpaired) electrons. The minimum atomic E-state index is -3.31. The Hall–Kier alpha value is -1.01. The zero-order valence-electron chi connectivity index (χ0n) is 14.1. The van der Waals surface area contributed by atoms with Crippen LogP contribution in [0.5, 0.6) is 0 Å². The van der Waals surface area contributed by atoms with E-state index in [-0.39, 0.29) is 5.97 Å². The van der Waals surface area contributed by atoms with Crippen LogP contribution in [0.2, 0.25) is 0 Å².